The zero-order chi connectivity index (χ0) is 11.4. The van der Waals surface area contributed by atoms with Crippen LogP contribution < -0.4 is 0 Å². The molecule has 16 heavy (non-hydrogen) atoms. The van der Waals surface area contributed by atoms with Crippen LogP contribution in [-0.2, 0) is 0 Å². The van der Waals surface area contributed by atoms with E-state index in [1.807, 2.05) is 0 Å². The van der Waals surface area contributed by atoms with Gasteiger partial charge in [-0.25, -0.2) is 0 Å². The van der Waals surface area contributed by atoms with Crippen molar-refractivity contribution in [1.29, 1.82) is 0 Å². The first-order valence-corrected chi connectivity index (χ1v) is 7.25. The number of hydrogen-bond acceptors (Lipinski definition) is 2. The fraction of sp³-hybridized carbons (Fsp3) is 1.00. The summed E-state index contributed by atoms with van der Waals surface area (Å²) in [6.45, 7) is 10.1. The van der Waals surface area contributed by atoms with Crippen LogP contribution in [-0.4, -0.2) is 48.1 Å². The highest BCUT2D eigenvalue weighted by atomic mass is 15.2. The Morgan fingerprint density at radius 1 is 0.750 bits per heavy atom. The van der Waals surface area contributed by atoms with E-state index in [1.54, 1.807) is 0 Å². The van der Waals surface area contributed by atoms with E-state index in [0.29, 0.717) is 0 Å². The van der Waals surface area contributed by atoms with Gasteiger partial charge in [-0.05, 0) is 52.6 Å². The van der Waals surface area contributed by atoms with E-state index in [9.17, 15) is 0 Å². The fourth-order valence-corrected chi connectivity index (χ4v) is 3.24. The second-order valence-electron chi connectivity index (χ2n) is 5.76. The van der Waals surface area contributed by atoms with Gasteiger partial charge in [0.2, 0.25) is 0 Å². The van der Waals surface area contributed by atoms with Crippen molar-refractivity contribution in [3.63, 3.8) is 0 Å². The summed E-state index contributed by atoms with van der Waals surface area (Å²) in [5.41, 5.74) is 0. The van der Waals surface area contributed by atoms with Crippen LogP contribution in [0.15, 0.2) is 0 Å². The molecule has 2 heteroatoms. The summed E-state index contributed by atoms with van der Waals surface area (Å²) in [4.78, 5) is 5.40. The summed E-state index contributed by atoms with van der Waals surface area (Å²) in [5, 5.41) is 0. The summed E-state index contributed by atoms with van der Waals surface area (Å²) in [6, 6.07) is 1.66. The normalized spacial score (nSPS) is 34.1. The molecule has 94 valence electrons. The van der Waals surface area contributed by atoms with Gasteiger partial charge in [0.15, 0.2) is 0 Å². The lowest BCUT2D eigenvalue weighted by molar-refractivity contribution is 0.104. The van der Waals surface area contributed by atoms with Crippen molar-refractivity contribution in [2.75, 3.05) is 26.2 Å². The zero-order valence-corrected chi connectivity index (χ0v) is 11.1. The van der Waals surface area contributed by atoms with Crippen molar-refractivity contribution >= 4 is 0 Å². The monoisotopic (exact) mass is 224 g/mol. The first-order valence-electron chi connectivity index (χ1n) is 7.25. The number of likely N-dealkylation sites (tertiary alicyclic amines) is 2. The van der Waals surface area contributed by atoms with Gasteiger partial charge >= 0.3 is 0 Å². The first kappa shape index (κ1) is 12.4. The number of piperidine rings is 2. The van der Waals surface area contributed by atoms with E-state index in [4.69, 9.17) is 0 Å². The summed E-state index contributed by atoms with van der Waals surface area (Å²) >= 11 is 0. The van der Waals surface area contributed by atoms with Gasteiger partial charge in [-0.2, -0.15) is 0 Å². The Morgan fingerprint density at radius 3 is 1.56 bits per heavy atom. The Kier molecular flexibility index (Phi) is 4.66. The van der Waals surface area contributed by atoms with Gasteiger partial charge in [0.1, 0.15) is 0 Å². The Labute approximate surface area is 101 Å². The van der Waals surface area contributed by atoms with Crippen LogP contribution in [0.5, 0.6) is 0 Å². The molecule has 2 fully saturated rings. The number of rotatable bonds is 3. The molecule has 0 saturated carbocycles. The van der Waals surface area contributed by atoms with Crippen LogP contribution in [0.4, 0.5) is 0 Å². The lowest BCUT2D eigenvalue weighted by atomic mass is 10.0. The minimum absolute atomic E-state index is 0.828. The Hall–Kier alpha value is -0.0800. The first-order chi connectivity index (χ1) is 7.77. The molecule has 0 aliphatic carbocycles. The van der Waals surface area contributed by atoms with Gasteiger partial charge in [0.05, 0.1) is 0 Å². The molecule has 0 aromatic rings. The number of nitrogens with zero attached hydrogens (tertiary/aromatic N) is 2. The average Bonchev–Trinajstić information content (AvgIpc) is 2.30. The zero-order valence-electron chi connectivity index (χ0n) is 11.1. The predicted octanol–water partition coefficient (Wildman–Crippen LogP) is 2.74. The van der Waals surface area contributed by atoms with Crippen molar-refractivity contribution in [1.82, 2.24) is 9.80 Å². The van der Waals surface area contributed by atoms with E-state index in [-0.39, 0.29) is 0 Å². The average molecular weight is 224 g/mol. The molecule has 2 aliphatic heterocycles. The predicted molar refractivity (Wildman–Crippen MR) is 69.8 cm³/mol. The van der Waals surface area contributed by atoms with E-state index < -0.39 is 0 Å². The molecule has 0 spiro atoms. The van der Waals surface area contributed by atoms with E-state index in [2.05, 4.69) is 23.6 Å². The molecule has 2 nitrogen and oxygen atoms in total. The van der Waals surface area contributed by atoms with Gasteiger partial charge in [-0.15, -0.1) is 0 Å². The van der Waals surface area contributed by atoms with E-state index in [1.165, 1.54) is 64.7 Å². The van der Waals surface area contributed by atoms with Crippen LogP contribution in [0.3, 0.4) is 0 Å². The smallest absolute Gasteiger partial charge is 0.0112 e. The lowest BCUT2D eigenvalue weighted by Gasteiger charge is -2.38. The highest BCUT2D eigenvalue weighted by Crippen LogP contribution is 2.18. The minimum atomic E-state index is 0.828. The molecular weight excluding hydrogens is 196 g/mol. The molecule has 0 aromatic carbocycles. The number of hydrogen-bond donors (Lipinski definition) is 0. The molecule has 0 N–H and O–H groups in total. The molecule has 2 aliphatic rings. The van der Waals surface area contributed by atoms with Crippen molar-refractivity contribution in [3.05, 3.63) is 0 Å². The van der Waals surface area contributed by atoms with Crippen molar-refractivity contribution < 1.29 is 0 Å². The van der Waals surface area contributed by atoms with Gasteiger partial charge < -0.3 is 0 Å². The van der Waals surface area contributed by atoms with Crippen LogP contribution in [0, 0.1) is 0 Å². The van der Waals surface area contributed by atoms with Gasteiger partial charge in [-0.1, -0.05) is 12.8 Å². The second kappa shape index (κ2) is 6.02. The Bertz CT molecular complexity index is 183. The Balaban J connectivity index is 1.72. The maximum atomic E-state index is 2.70. The van der Waals surface area contributed by atoms with Crippen LogP contribution in [0.25, 0.3) is 0 Å². The summed E-state index contributed by atoms with van der Waals surface area (Å²) < 4.78 is 0. The minimum Gasteiger partial charge on any atom is -0.299 e. The van der Waals surface area contributed by atoms with Crippen molar-refractivity contribution in [2.45, 2.75) is 64.5 Å². The highest BCUT2D eigenvalue weighted by molar-refractivity contribution is 4.77. The summed E-state index contributed by atoms with van der Waals surface area (Å²) in [6.07, 6.45) is 8.54. The van der Waals surface area contributed by atoms with Crippen LogP contribution in [0.2, 0.25) is 0 Å². The molecule has 0 unspecified atom stereocenters. The molecule has 2 rings (SSSR count). The molecular formula is C14H28N2. The van der Waals surface area contributed by atoms with E-state index >= 15 is 0 Å². The SMILES string of the molecule is C[C@@H]1CCCCN1CCN1CCCC[C@H]1C. The molecule has 2 saturated heterocycles. The van der Waals surface area contributed by atoms with Gasteiger partial charge in [0, 0.05) is 25.2 Å². The molecule has 2 atom stereocenters. The largest absolute Gasteiger partial charge is 0.299 e. The molecule has 0 amide bonds. The third kappa shape index (κ3) is 3.21. The fourth-order valence-electron chi connectivity index (χ4n) is 3.24. The molecule has 2 heterocycles. The molecule has 0 bridgehead atoms. The molecule has 0 radical (unpaired) electrons. The van der Waals surface area contributed by atoms with Crippen molar-refractivity contribution in [2.24, 2.45) is 0 Å². The molecule has 0 aromatic heterocycles. The maximum Gasteiger partial charge on any atom is 0.0112 e. The van der Waals surface area contributed by atoms with Crippen LogP contribution >= 0.6 is 0 Å². The standard InChI is InChI=1S/C14H28N2/c1-13-7-3-5-9-15(13)11-12-16-10-6-4-8-14(16)2/h13-14H,3-12H2,1-2H3/t13-,14-/m1/s1. The third-order valence-electron chi connectivity index (χ3n) is 4.56. The highest BCUT2D eigenvalue weighted by Gasteiger charge is 2.21. The maximum absolute atomic E-state index is 2.70. The van der Waals surface area contributed by atoms with Crippen LogP contribution in [0.1, 0.15) is 52.4 Å². The second-order valence-corrected chi connectivity index (χ2v) is 5.76. The topological polar surface area (TPSA) is 6.48 Å². The van der Waals surface area contributed by atoms with Gasteiger partial charge in [-0.3, -0.25) is 9.80 Å². The van der Waals surface area contributed by atoms with E-state index in [0.717, 1.165) is 12.1 Å². The Morgan fingerprint density at radius 2 is 1.19 bits per heavy atom. The summed E-state index contributed by atoms with van der Waals surface area (Å²) in [7, 11) is 0. The lowest BCUT2D eigenvalue weighted by Crippen LogP contribution is -2.46. The van der Waals surface area contributed by atoms with Crippen molar-refractivity contribution in [3.8, 4) is 0 Å². The summed E-state index contributed by atoms with van der Waals surface area (Å²) in [5.74, 6) is 0. The third-order valence-corrected chi connectivity index (χ3v) is 4.56. The van der Waals surface area contributed by atoms with Gasteiger partial charge in [0.25, 0.3) is 0 Å². The quantitative estimate of drug-likeness (QED) is 0.727.